The van der Waals surface area contributed by atoms with E-state index in [0.29, 0.717) is 19.3 Å². The summed E-state index contributed by atoms with van der Waals surface area (Å²) in [5.74, 6) is -2.53. The maximum atomic E-state index is 13.4. The summed E-state index contributed by atoms with van der Waals surface area (Å²) in [7, 11) is 0. The minimum absolute atomic E-state index is 0.0920. The van der Waals surface area contributed by atoms with Crippen molar-refractivity contribution in [2.24, 2.45) is 11.1 Å². The maximum absolute atomic E-state index is 13.4. The monoisotopic (exact) mass is 177 g/mol. The standard InChI is InChI=1S/C9H17F2N/c1-2-8(4-3-5-8)9(10,11)6-7-12/h2-7,12H2,1H3. The van der Waals surface area contributed by atoms with Crippen LogP contribution in [-0.4, -0.2) is 12.5 Å². The molecule has 1 nitrogen and oxygen atoms in total. The fourth-order valence-electron chi connectivity index (χ4n) is 2.03. The van der Waals surface area contributed by atoms with Gasteiger partial charge in [-0.2, -0.15) is 0 Å². The normalized spacial score (nSPS) is 22.0. The SMILES string of the molecule is CCC1(C(F)(F)CCN)CCC1. The number of halogens is 2. The lowest BCUT2D eigenvalue weighted by Gasteiger charge is -2.47. The average Bonchev–Trinajstić information content (AvgIpc) is 1.84. The van der Waals surface area contributed by atoms with Crippen LogP contribution in [0, 0.1) is 5.41 Å². The molecular weight excluding hydrogens is 160 g/mol. The number of rotatable bonds is 4. The number of hydrogen-bond acceptors (Lipinski definition) is 1. The van der Waals surface area contributed by atoms with E-state index in [1.54, 1.807) is 0 Å². The van der Waals surface area contributed by atoms with Gasteiger partial charge in [0, 0.05) is 11.8 Å². The molecule has 0 aromatic carbocycles. The molecule has 2 N–H and O–H groups in total. The highest BCUT2D eigenvalue weighted by Gasteiger charge is 2.54. The first-order valence-electron chi connectivity index (χ1n) is 4.66. The van der Waals surface area contributed by atoms with Gasteiger partial charge in [0.05, 0.1) is 0 Å². The van der Waals surface area contributed by atoms with Crippen molar-refractivity contribution in [1.82, 2.24) is 0 Å². The number of hydrogen-bond donors (Lipinski definition) is 1. The van der Waals surface area contributed by atoms with Crippen LogP contribution in [0.2, 0.25) is 0 Å². The highest BCUT2D eigenvalue weighted by molar-refractivity contribution is 4.97. The van der Waals surface area contributed by atoms with E-state index in [1.165, 1.54) is 0 Å². The Labute approximate surface area is 72.3 Å². The Hall–Kier alpha value is -0.180. The largest absolute Gasteiger partial charge is 0.330 e. The van der Waals surface area contributed by atoms with E-state index < -0.39 is 11.3 Å². The van der Waals surface area contributed by atoms with Crippen molar-refractivity contribution in [3.63, 3.8) is 0 Å². The summed E-state index contributed by atoms with van der Waals surface area (Å²) in [5.41, 5.74) is 4.46. The summed E-state index contributed by atoms with van der Waals surface area (Å²) < 4.78 is 26.9. The molecule has 0 radical (unpaired) electrons. The minimum atomic E-state index is -2.53. The van der Waals surface area contributed by atoms with Crippen molar-refractivity contribution >= 4 is 0 Å². The fraction of sp³-hybridized carbons (Fsp3) is 1.00. The molecule has 3 heteroatoms. The Bertz CT molecular complexity index is 147. The minimum Gasteiger partial charge on any atom is -0.330 e. The molecule has 0 aromatic rings. The van der Waals surface area contributed by atoms with Crippen LogP contribution in [0.1, 0.15) is 39.0 Å². The van der Waals surface area contributed by atoms with Crippen LogP contribution >= 0.6 is 0 Å². The Morgan fingerprint density at radius 1 is 1.42 bits per heavy atom. The molecule has 1 saturated carbocycles. The van der Waals surface area contributed by atoms with Crippen molar-refractivity contribution in [3.8, 4) is 0 Å². The third-order valence-electron chi connectivity index (χ3n) is 3.22. The first-order valence-corrected chi connectivity index (χ1v) is 4.66. The molecule has 1 rings (SSSR count). The smallest absolute Gasteiger partial charge is 0.254 e. The van der Waals surface area contributed by atoms with Gasteiger partial charge in [-0.25, -0.2) is 8.78 Å². The highest BCUT2D eigenvalue weighted by atomic mass is 19.3. The van der Waals surface area contributed by atoms with Crippen LogP contribution in [0.15, 0.2) is 0 Å². The molecule has 0 bridgehead atoms. The summed E-state index contributed by atoms with van der Waals surface area (Å²) >= 11 is 0. The quantitative estimate of drug-likeness (QED) is 0.701. The van der Waals surface area contributed by atoms with Crippen molar-refractivity contribution in [1.29, 1.82) is 0 Å². The van der Waals surface area contributed by atoms with Gasteiger partial charge in [-0.1, -0.05) is 13.3 Å². The summed E-state index contributed by atoms with van der Waals surface area (Å²) in [4.78, 5) is 0. The zero-order valence-corrected chi connectivity index (χ0v) is 7.58. The van der Waals surface area contributed by atoms with Crippen molar-refractivity contribution < 1.29 is 8.78 Å². The Balaban J connectivity index is 2.63. The van der Waals surface area contributed by atoms with E-state index in [0.717, 1.165) is 6.42 Å². The molecular formula is C9H17F2N. The van der Waals surface area contributed by atoms with Gasteiger partial charge in [0.1, 0.15) is 0 Å². The molecule has 0 amide bonds. The molecule has 0 heterocycles. The van der Waals surface area contributed by atoms with Crippen LogP contribution in [-0.2, 0) is 0 Å². The van der Waals surface area contributed by atoms with Gasteiger partial charge in [-0.15, -0.1) is 0 Å². The molecule has 1 aliphatic carbocycles. The van der Waals surface area contributed by atoms with Gasteiger partial charge in [-0.3, -0.25) is 0 Å². The van der Waals surface area contributed by atoms with Gasteiger partial charge in [0.2, 0.25) is 0 Å². The van der Waals surface area contributed by atoms with Crippen molar-refractivity contribution in [2.45, 2.75) is 45.0 Å². The summed E-state index contributed by atoms with van der Waals surface area (Å²) in [6.07, 6.45) is 2.74. The molecule has 0 aromatic heterocycles. The average molecular weight is 177 g/mol. The lowest BCUT2D eigenvalue weighted by atomic mass is 9.62. The van der Waals surface area contributed by atoms with Gasteiger partial charge in [-0.05, 0) is 25.8 Å². The predicted octanol–water partition coefficient (Wildman–Crippen LogP) is 2.55. The van der Waals surface area contributed by atoms with E-state index in [-0.39, 0.29) is 13.0 Å². The molecule has 1 fully saturated rings. The van der Waals surface area contributed by atoms with E-state index in [4.69, 9.17) is 5.73 Å². The van der Waals surface area contributed by atoms with E-state index in [2.05, 4.69) is 0 Å². The Morgan fingerprint density at radius 3 is 2.25 bits per heavy atom. The Kier molecular flexibility index (Phi) is 2.71. The molecule has 72 valence electrons. The second kappa shape index (κ2) is 3.29. The third kappa shape index (κ3) is 1.35. The fourth-order valence-corrected chi connectivity index (χ4v) is 2.03. The predicted molar refractivity (Wildman–Crippen MR) is 45.2 cm³/mol. The zero-order valence-electron chi connectivity index (χ0n) is 7.58. The summed E-state index contributed by atoms with van der Waals surface area (Å²) in [6, 6.07) is 0. The van der Waals surface area contributed by atoms with Gasteiger partial charge >= 0.3 is 0 Å². The van der Waals surface area contributed by atoms with E-state index in [1.807, 2.05) is 6.92 Å². The molecule has 1 aliphatic rings. The first kappa shape index (κ1) is 9.90. The summed E-state index contributed by atoms with van der Waals surface area (Å²) in [6.45, 7) is 1.94. The number of nitrogens with two attached hydrogens (primary N) is 1. The van der Waals surface area contributed by atoms with Gasteiger partial charge < -0.3 is 5.73 Å². The van der Waals surface area contributed by atoms with E-state index in [9.17, 15) is 8.78 Å². The molecule has 12 heavy (non-hydrogen) atoms. The second-order valence-electron chi connectivity index (χ2n) is 3.73. The first-order chi connectivity index (χ1) is 5.58. The third-order valence-corrected chi connectivity index (χ3v) is 3.22. The maximum Gasteiger partial charge on any atom is 0.254 e. The molecule has 0 spiro atoms. The highest BCUT2D eigenvalue weighted by Crippen LogP contribution is 2.55. The van der Waals surface area contributed by atoms with Gasteiger partial charge in [0.25, 0.3) is 5.92 Å². The van der Waals surface area contributed by atoms with Crippen LogP contribution < -0.4 is 5.73 Å². The zero-order chi connectivity index (χ0) is 9.24. The molecule has 0 unspecified atom stereocenters. The molecule has 0 aliphatic heterocycles. The molecule has 0 atom stereocenters. The van der Waals surface area contributed by atoms with Gasteiger partial charge in [0.15, 0.2) is 0 Å². The topological polar surface area (TPSA) is 26.0 Å². The number of alkyl halides is 2. The van der Waals surface area contributed by atoms with Crippen LogP contribution in [0.5, 0.6) is 0 Å². The van der Waals surface area contributed by atoms with Crippen molar-refractivity contribution in [3.05, 3.63) is 0 Å². The van der Waals surface area contributed by atoms with Crippen molar-refractivity contribution in [2.75, 3.05) is 6.54 Å². The second-order valence-corrected chi connectivity index (χ2v) is 3.73. The van der Waals surface area contributed by atoms with Crippen LogP contribution in [0.4, 0.5) is 8.78 Å². The Morgan fingerprint density at radius 2 is 2.00 bits per heavy atom. The summed E-state index contributed by atoms with van der Waals surface area (Å²) in [5, 5.41) is 0. The lowest BCUT2D eigenvalue weighted by Crippen LogP contribution is -2.47. The van der Waals surface area contributed by atoms with Crippen LogP contribution in [0.25, 0.3) is 0 Å². The molecule has 0 saturated heterocycles. The van der Waals surface area contributed by atoms with Crippen LogP contribution in [0.3, 0.4) is 0 Å². The lowest BCUT2D eigenvalue weighted by molar-refractivity contribution is -0.166. The van der Waals surface area contributed by atoms with E-state index >= 15 is 0 Å².